The maximum atomic E-state index is 12.3. The summed E-state index contributed by atoms with van der Waals surface area (Å²) in [5.74, 6) is -1.48. The largest absolute Gasteiger partial charge is 0.459 e. The van der Waals surface area contributed by atoms with E-state index in [4.69, 9.17) is 9.47 Å². The number of hydrogen-bond acceptors (Lipinski definition) is 8. The molecule has 0 spiro atoms. The number of hydrogen-bond donors (Lipinski definition) is 3. The van der Waals surface area contributed by atoms with E-state index in [0.29, 0.717) is 4.57 Å². The molecule has 0 saturated carbocycles. The molecule has 1 aromatic heterocycles. The summed E-state index contributed by atoms with van der Waals surface area (Å²) in [6.07, 6.45) is -0.256. The summed E-state index contributed by atoms with van der Waals surface area (Å²) in [4.78, 5) is 62.7. The van der Waals surface area contributed by atoms with Gasteiger partial charge in [-0.2, -0.15) is 0 Å². The Balaban J connectivity index is 3.45. The van der Waals surface area contributed by atoms with E-state index in [0.717, 1.165) is 12.2 Å². The molecular formula is C17H23N3O8. The number of aromatic nitrogens is 3. The van der Waals surface area contributed by atoms with Crippen LogP contribution in [0.4, 0.5) is 0 Å². The number of aliphatic hydroxyl groups excluding tert-OH is 1. The second-order valence-electron chi connectivity index (χ2n) is 6.22. The minimum absolute atomic E-state index is 0.200. The first-order valence-corrected chi connectivity index (χ1v) is 8.31. The fourth-order valence-electron chi connectivity index (χ4n) is 2.97. The van der Waals surface area contributed by atoms with Crippen molar-refractivity contribution in [1.82, 2.24) is 14.5 Å². The van der Waals surface area contributed by atoms with E-state index in [9.17, 15) is 29.1 Å². The summed E-state index contributed by atoms with van der Waals surface area (Å²) >= 11 is 0. The van der Waals surface area contributed by atoms with Crippen LogP contribution >= 0.6 is 0 Å². The zero-order valence-electron chi connectivity index (χ0n) is 15.6. The number of ether oxygens (including phenoxy) is 2. The molecule has 1 aromatic rings. The van der Waals surface area contributed by atoms with Crippen molar-refractivity contribution in [3.63, 3.8) is 0 Å². The Morgan fingerprint density at radius 3 is 1.75 bits per heavy atom. The van der Waals surface area contributed by atoms with Crippen LogP contribution in [0.2, 0.25) is 0 Å². The number of carbonyl (C=O) groups excluding carboxylic acids is 2. The molecule has 0 aromatic carbocycles. The van der Waals surface area contributed by atoms with Gasteiger partial charge in [-0.3, -0.25) is 9.97 Å². The number of H-pyrrole nitrogens is 2. The lowest BCUT2D eigenvalue weighted by molar-refractivity contribution is -0.145. The molecule has 3 N–H and O–H groups in total. The maximum Gasteiger partial charge on any atom is 0.334 e. The van der Waals surface area contributed by atoms with Gasteiger partial charge in [0.25, 0.3) is 0 Å². The average Bonchev–Trinajstić information content (AvgIpc) is 2.59. The smallest absolute Gasteiger partial charge is 0.334 e. The van der Waals surface area contributed by atoms with E-state index in [1.54, 1.807) is 0 Å². The van der Waals surface area contributed by atoms with Gasteiger partial charge >= 0.3 is 29.0 Å². The Kier molecular flexibility index (Phi) is 7.87. The molecule has 0 aliphatic carbocycles. The lowest BCUT2D eigenvalue weighted by Crippen LogP contribution is -2.57. The molecule has 0 amide bonds. The lowest BCUT2D eigenvalue weighted by atomic mass is 9.87. The fourth-order valence-corrected chi connectivity index (χ4v) is 2.97. The summed E-state index contributed by atoms with van der Waals surface area (Å²) in [7, 11) is 0. The summed E-state index contributed by atoms with van der Waals surface area (Å²) in [6, 6.07) is 0. The molecule has 0 fully saturated rings. The standard InChI is InChI=1S/C17H23N3O8/c1-5-12(22)27-10(3)7-17(9-21,8-11(4)28-13(23)6-2)20-15(25)18-14(24)19-16(20)26/h5-6,10-11,21H,1-2,7-9H2,3-4H3,(H2,18,19,24,25,26). The van der Waals surface area contributed by atoms with Crippen LogP contribution in [0.25, 0.3) is 0 Å². The number of nitrogens with zero attached hydrogens (tertiary/aromatic N) is 1. The lowest BCUT2D eigenvalue weighted by Gasteiger charge is -2.36. The minimum atomic E-state index is -1.66. The van der Waals surface area contributed by atoms with Gasteiger partial charge in [0.1, 0.15) is 12.2 Å². The molecule has 11 nitrogen and oxygen atoms in total. The second-order valence-corrected chi connectivity index (χ2v) is 6.22. The van der Waals surface area contributed by atoms with Crippen LogP contribution in [0.1, 0.15) is 26.7 Å². The van der Waals surface area contributed by atoms with Crippen molar-refractivity contribution >= 4 is 11.9 Å². The van der Waals surface area contributed by atoms with Gasteiger partial charge in [-0.25, -0.2) is 28.5 Å². The van der Waals surface area contributed by atoms with E-state index in [2.05, 4.69) is 13.2 Å². The summed E-state index contributed by atoms with van der Waals surface area (Å²) in [5, 5.41) is 10.1. The van der Waals surface area contributed by atoms with Gasteiger partial charge in [-0.05, 0) is 13.8 Å². The topological polar surface area (TPSA) is 161 Å². The molecule has 0 aliphatic heterocycles. The van der Waals surface area contributed by atoms with Gasteiger partial charge < -0.3 is 14.6 Å². The van der Waals surface area contributed by atoms with Crippen LogP contribution in [-0.4, -0.2) is 50.4 Å². The highest BCUT2D eigenvalue weighted by molar-refractivity contribution is 5.81. The Labute approximate surface area is 159 Å². The molecule has 0 bridgehead atoms. The molecule has 0 aliphatic rings. The van der Waals surface area contributed by atoms with E-state index < -0.39 is 53.4 Å². The number of rotatable bonds is 10. The summed E-state index contributed by atoms with van der Waals surface area (Å²) in [6.45, 7) is 8.76. The van der Waals surface area contributed by atoms with Crippen molar-refractivity contribution in [1.29, 1.82) is 0 Å². The third-order valence-corrected chi connectivity index (χ3v) is 3.92. The van der Waals surface area contributed by atoms with E-state index in [1.807, 2.05) is 9.97 Å². The predicted molar refractivity (Wildman–Crippen MR) is 97.7 cm³/mol. The highest BCUT2D eigenvalue weighted by Gasteiger charge is 2.39. The van der Waals surface area contributed by atoms with Crippen LogP contribution in [-0.2, 0) is 24.6 Å². The number of aliphatic hydroxyl groups is 1. The highest BCUT2D eigenvalue weighted by atomic mass is 16.5. The molecule has 0 saturated heterocycles. The Morgan fingerprint density at radius 2 is 1.43 bits per heavy atom. The normalized spacial score (nSPS) is 15.0. The van der Waals surface area contributed by atoms with Crippen molar-refractivity contribution in [3.05, 3.63) is 56.8 Å². The average molecular weight is 397 g/mol. The molecule has 28 heavy (non-hydrogen) atoms. The predicted octanol–water partition coefficient (Wildman–Crippen LogP) is -1.07. The van der Waals surface area contributed by atoms with Crippen LogP contribution in [0, 0.1) is 0 Å². The number of carbonyl (C=O) groups is 2. The molecule has 2 atom stereocenters. The van der Waals surface area contributed by atoms with Gasteiger partial charge in [-0.1, -0.05) is 13.2 Å². The Morgan fingerprint density at radius 1 is 1.04 bits per heavy atom. The third-order valence-electron chi connectivity index (χ3n) is 3.92. The van der Waals surface area contributed by atoms with E-state index in [1.165, 1.54) is 13.8 Å². The van der Waals surface area contributed by atoms with Gasteiger partial charge in [-0.15, -0.1) is 0 Å². The number of nitrogens with one attached hydrogen (secondary N) is 2. The molecule has 1 rings (SSSR count). The number of esters is 2. The van der Waals surface area contributed by atoms with Crippen molar-refractivity contribution in [2.24, 2.45) is 0 Å². The molecule has 11 heteroatoms. The first-order valence-electron chi connectivity index (χ1n) is 8.31. The zero-order valence-corrected chi connectivity index (χ0v) is 15.6. The first-order chi connectivity index (χ1) is 13.1. The molecule has 0 radical (unpaired) electrons. The second kappa shape index (κ2) is 9.65. The van der Waals surface area contributed by atoms with Crippen LogP contribution in [0.3, 0.4) is 0 Å². The molecule has 154 valence electrons. The van der Waals surface area contributed by atoms with Crippen molar-refractivity contribution in [2.45, 2.75) is 44.4 Å². The zero-order chi connectivity index (χ0) is 21.5. The SMILES string of the molecule is C=CC(=O)OC(C)CC(CO)(CC(C)OC(=O)C=C)n1c(=O)[nH]c(=O)[nH]c1=O. The van der Waals surface area contributed by atoms with Crippen molar-refractivity contribution < 1.29 is 24.2 Å². The van der Waals surface area contributed by atoms with E-state index >= 15 is 0 Å². The van der Waals surface area contributed by atoms with Gasteiger partial charge in [0.05, 0.1) is 12.1 Å². The van der Waals surface area contributed by atoms with Crippen LogP contribution < -0.4 is 17.1 Å². The van der Waals surface area contributed by atoms with Gasteiger partial charge in [0.15, 0.2) is 0 Å². The molecular weight excluding hydrogens is 374 g/mol. The third kappa shape index (κ3) is 5.64. The minimum Gasteiger partial charge on any atom is -0.459 e. The molecule has 2 unspecified atom stereocenters. The Bertz CT molecular complexity index is 846. The van der Waals surface area contributed by atoms with Gasteiger partial charge in [0, 0.05) is 25.0 Å². The first kappa shape index (κ1) is 22.8. The van der Waals surface area contributed by atoms with Gasteiger partial charge in [0.2, 0.25) is 0 Å². The monoisotopic (exact) mass is 397 g/mol. The fraction of sp³-hybridized carbons (Fsp3) is 0.471. The van der Waals surface area contributed by atoms with Crippen molar-refractivity contribution in [3.8, 4) is 0 Å². The van der Waals surface area contributed by atoms with Crippen LogP contribution in [0.15, 0.2) is 39.7 Å². The summed E-state index contributed by atoms with van der Waals surface area (Å²) < 4.78 is 10.8. The van der Waals surface area contributed by atoms with Crippen molar-refractivity contribution in [2.75, 3.05) is 6.61 Å². The maximum absolute atomic E-state index is 12.3. The highest BCUT2D eigenvalue weighted by Crippen LogP contribution is 2.28. The van der Waals surface area contributed by atoms with E-state index in [-0.39, 0.29) is 12.8 Å². The molecule has 1 heterocycles. The summed E-state index contributed by atoms with van der Waals surface area (Å²) in [5.41, 5.74) is -4.83. The quantitative estimate of drug-likeness (QED) is 0.332. The Hall–Kier alpha value is -3.21. The van der Waals surface area contributed by atoms with Crippen LogP contribution in [0.5, 0.6) is 0 Å². The number of aromatic amines is 2.